The van der Waals surface area contributed by atoms with E-state index >= 15 is 0 Å². The quantitative estimate of drug-likeness (QED) is 0.909. The SMILES string of the molecule is CC(OCc1ccccc1)C(N)c1ccc(F)cc1.Cl. The molecule has 2 atom stereocenters. The topological polar surface area (TPSA) is 35.2 Å². The van der Waals surface area contributed by atoms with Crippen molar-refractivity contribution in [3.63, 3.8) is 0 Å². The molecular formula is C16H19ClFNO. The number of ether oxygens (including phenoxy) is 1. The van der Waals surface area contributed by atoms with Crippen molar-refractivity contribution in [1.82, 2.24) is 0 Å². The average Bonchev–Trinajstić information content (AvgIpc) is 2.46. The van der Waals surface area contributed by atoms with Crippen LogP contribution in [0.15, 0.2) is 54.6 Å². The maximum Gasteiger partial charge on any atom is 0.123 e. The Morgan fingerprint density at radius 1 is 1.05 bits per heavy atom. The first kappa shape index (κ1) is 16.6. The molecule has 0 saturated heterocycles. The molecule has 0 aromatic heterocycles. The Morgan fingerprint density at radius 3 is 2.25 bits per heavy atom. The summed E-state index contributed by atoms with van der Waals surface area (Å²) in [5.74, 6) is -0.256. The highest BCUT2D eigenvalue weighted by Gasteiger charge is 2.15. The van der Waals surface area contributed by atoms with E-state index in [2.05, 4.69) is 0 Å². The molecule has 0 aliphatic carbocycles. The van der Waals surface area contributed by atoms with Crippen molar-refractivity contribution in [2.75, 3.05) is 0 Å². The van der Waals surface area contributed by atoms with E-state index in [1.807, 2.05) is 37.3 Å². The van der Waals surface area contributed by atoms with Gasteiger partial charge in [-0.15, -0.1) is 12.4 Å². The molecule has 0 saturated carbocycles. The van der Waals surface area contributed by atoms with Gasteiger partial charge < -0.3 is 10.5 Å². The molecule has 2 nitrogen and oxygen atoms in total. The zero-order chi connectivity index (χ0) is 13.7. The lowest BCUT2D eigenvalue weighted by Gasteiger charge is -2.21. The second-order valence-electron chi connectivity index (χ2n) is 4.58. The summed E-state index contributed by atoms with van der Waals surface area (Å²) in [6.07, 6.45) is -0.134. The highest BCUT2D eigenvalue weighted by molar-refractivity contribution is 5.85. The maximum absolute atomic E-state index is 12.8. The third-order valence-corrected chi connectivity index (χ3v) is 3.12. The minimum atomic E-state index is -0.260. The normalized spacial score (nSPS) is 13.3. The summed E-state index contributed by atoms with van der Waals surface area (Å²) in [4.78, 5) is 0. The molecule has 2 aromatic rings. The van der Waals surface area contributed by atoms with E-state index in [-0.39, 0.29) is 30.4 Å². The van der Waals surface area contributed by atoms with E-state index in [0.717, 1.165) is 11.1 Å². The van der Waals surface area contributed by atoms with Crippen LogP contribution in [0.2, 0.25) is 0 Å². The van der Waals surface area contributed by atoms with Gasteiger partial charge in [0.15, 0.2) is 0 Å². The molecule has 4 heteroatoms. The van der Waals surface area contributed by atoms with Crippen LogP contribution in [0.3, 0.4) is 0 Å². The third kappa shape index (κ3) is 4.60. The number of hydrogen-bond donors (Lipinski definition) is 1. The fraction of sp³-hybridized carbons (Fsp3) is 0.250. The molecule has 2 unspecified atom stereocenters. The van der Waals surface area contributed by atoms with Gasteiger partial charge in [-0.2, -0.15) is 0 Å². The number of hydrogen-bond acceptors (Lipinski definition) is 2. The summed E-state index contributed by atoms with van der Waals surface area (Å²) in [5.41, 5.74) is 8.09. The van der Waals surface area contributed by atoms with E-state index < -0.39 is 0 Å². The van der Waals surface area contributed by atoms with Crippen molar-refractivity contribution < 1.29 is 9.13 Å². The molecular weight excluding hydrogens is 277 g/mol. The molecule has 0 radical (unpaired) electrons. The number of nitrogens with two attached hydrogens (primary N) is 1. The molecule has 0 heterocycles. The maximum atomic E-state index is 12.8. The van der Waals surface area contributed by atoms with Crippen molar-refractivity contribution in [1.29, 1.82) is 0 Å². The molecule has 0 bridgehead atoms. The van der Waals surface area contributed by atoms with Crippen LogP contribution in [0.25, 0.3) is 0 Å². The summed E-state index contributed by atoms with van der Waals surface area (Å²) in [6, 6.07) is 15.9. The first-order valence-electron chi connectivity index (χ1n) is 6.33. The Kier molecular flexibility index (Phi) is 6.65. The van der Waals surface area contributed by atoms with Crippen LogP contribution in [-0.4, -0.2) is 6.10 Å². The first-order valence-corrected chi connectivity index (χ1v) is 6.33. The summed E-state index contributed by atoms with van der Waals surface area (Å²) >= 11 is 0. The molecule has 2 N–H and O–H groups in total. The zero-order valence-electron chi connectivity index (χ0n) is 11.3. The molecule has 0 spiro atoms. The molecule has 0 fully saturated rings. The van der Waals surface area contributed by atoms with Crippen LogP contribution >= 0.6 is 12.4 Å². The molecule has 2 rings (SSSR count). The van der Waals surface area contributed by atoms with Crippen molar-refractivity contribution >= 4 is 12.4 Å². The second-order valence-corrected chi connectivity index (χ2v) is 4.58. The number of benzene rings is 2. The monoisotopic (exact) mass is 295 g/mol. The van der Waals surface area contributed by atoms with Crippen molar-refractivity contribution in [3.8, 4) is 0 Å². The van der Waals surface area contributed by atoms with Crippen LogP contribution in [0.5, 0.6) is 0 Å². The Balaban J connectivity index is 0.00000200. The molecule has 108 valence electrons. The number of halogens is 2. The van der Waals surface area contributed by atoms with Crippen molar-refractivity contribution in [3.05, 3.63) is 71.5 Å². The lowest BCUT2D eigenvalue weighted by Crippen LogP contribution is -2.26. The minimum absolute atomic E-state index is 0. The van der Waals surface area contributed by atoms with Gasteiger partial charge in [-0.3, -0.25) is 0 Å². The van der Waals surface area contributed by atoms with Gasteiger partial charge in [0.2, 0.25) is 0 Å². The van der Waals surface area contributed by atoms with Gasteiger partial charge in [-0.25, -0.2) is 4.39 Å². The predicted octanol–water partition coefficient (Wildman–Crippen LogP) is 3.85. The van der Waals surface area contributed by atoms with Gasteiger partial charge in [0.1, 0.15) is 5.82 Å². The molecule has 0 amide bonds. The second kappa shape index (κ2) is 8.00. The Hall–Kier alpha value is -1.42. The highest BCUT2D eigenvalue weighted by atomic mass is 35.5. The van der Waals surface area contributed by atoms with E-state index in [1.54, 1.807) is 12.1 Å². The Labute approximate surface area is 125 Å². The van der Waals surface area contributed by atoms with Crippen LogP contribution in [0, 0.1) is 5.82 Å². The largest absolute Gasteiger partial charge is 0.372 e. The third-order valence-electron chi connectivity index (χ3n) is 3.12. The minimum Gasteiger partial charge on any atom is -0.372 e. The average molecular weight is 296 g/mol. The standard InChI is InChI=1S/C16H18FNO.ClH/c1-12(19-11-13-5-3-2-4-6-13)16(18)14-7-9-15(17)10-8-14;/h2-10,12,16H,11,18H2,1H3;1H. The van der Waals surface area contributed by atoms with Crippen molar-refractivity contribution in [2.24, 2.45) is 5.73 Å². The highest BCUT2D eigenvalue weighted by Crippen LogP contribution is 2.18. The van der Waals surface area contributed by atoms with Crippen LogP contribution in [-0.2, 0) is 11.3 Å². The summed E-state index contributed by atoms with van der Waals surface area (Å²) in [5, 5.41) is 0. The van der Waals surface area contributed by atoms with E-state index in [1.165, 1.54) is 12.1 Å². The Bertz CT molecular complexity index is 504. The fourth-order valence-electron chi connectivity index (χ4n) is 1.86. The van der Waals surface area contributed by atoms with Crippen molar-refractivity contribution in [2.45, 2.75) is 25.7 Å². The summed E-state index contributed by atoms with van der Waals surface area (Å²) in [6.45, 7) is 2.45. The van der Waals surface area contributed by atoms with Gasteiger partial charge in [-0.05, 0) is 30.2 Å². The first-order chi connectivity index (χ1) is 9.16. The van der Waals surface area contributed by atoms with E-state index in [9.17, 15) is 4.39 Å². The summed E-state index contributed by atoms with van der Waals surface area (Å²) in [7, 11) is 0. The van der Waals surface area contributed by atoms with Gasteiger partial charge >= 0.3 is 0 Å². The van der Waals surface area contributed by atoms with Crippen LogP contribution in [0.4, 0.5) is 4.39 Å². The van der Waals surface area contributed by atoms with Gasteiger partial charge in [0.05, 0.1) is 18.8 Å². The fourth-order valence-corrected chi connectivity index (χ4v) is 1.86. The molecule has 0 aliphatic heterocycles. The molecule has 20 heavy (non-hydrogen) atoms. The van der Waals surface area contributed by atoms with Gasteiger partial charge in [0.25, 0.3) is 0 Å². The molecule has 2 aromatic carbocycles. The lowest BCUT2D eigenvalue weighted by atomic mass is 10.0. The van der Waals surface area contributed by atoms with Crippen LogP contribution in [0.1, 0.15) is 24.1 Å². The van der Waals surface area contributed by atoms with Gasteiger partial charge in [0, 0.05) is 0 Å². The number of rotatable bonds is 5. The van der Waals surface area contributed by atoms with Gasteiger partial charge in [-0.1, -0.05) is 42.5 Å². The van der Waals surface area contributed by atoms with E-state index in [4.69, 9.17) is 10.5 Å². The van der Waals surface area contributed by atoms with Crippen LogP contribution < -0.4 is 5.73 Å². The zero-order valence-corrected chi connectivity index (χ0v) is 12.1. The Morgan fingerprint density at radius 2 is 1.65 bits per heavy atom. The lowest BCUT2D eigenvalue weighted by molar-refractivity contribution is 0.0357. The predicted molar refractivity (Wildman–Crippen MR) is 81.3 cm³/mol. The summed E-state index contributed by atoms with van der Waals surface area (Å²) < 4.78 is 18.6. The van der Waals surface area contributed by atoms with E-state index in [0.29, 0.717) is 6.61 Å². The smallest absolute Gasteiger partial charge is 0.123 e. The molecule has 0 aliphatic rings.